The van der Waals surface area contributed by atoms with E-state index in [1.807, 2.05) is 56.3 Å². The van der Waals surface area contributed by atoms with E-state index in [0.717, 1.165) is 36.3 Å². The molecule has 0 atom stereocenters. The van der Waals surface area contributed by atoms with Crippen LogP contribution in [0.15, 0.2) is 46.9 Å². The Hall–Kier alpha value is -2.76. The lowest BCUT2D eigenvalue weighted by Crippen LogP contribution is -2.47. The first kappa shape index (κ1) is 22.5. The number of urea groups is 1. The van der Waals surface area contributed by atoms with Crippen LogP contribution >= 0.6 is 0 Å². The second-order valence-corrected chi connectivity index (χ2v) is 7.25. The van der Waals surface area contributed by atoms with Crippen LogP contribution < -0.4 is 5.32 Å². The van der Waals surface area contributed by atoms with Gasteiger partial charge in [-0.1, -0.05) is 50.6 Å². The molecule has 158 valence electrons. The number of unbranched alkanes of at least 4 members (excludes halogenated alkanes) is 1. The zero-order valence-electron chi connectivity index (χ0n) is 17.8. The zero-order valence-corrected chi connectivity index (χ0v) is 17.8. The maximum atomic E-state index is 13.1. The van der Waals surface area contributed by atoms with Gasteiger partial charge in [-0.25, -0.2) is 4.79 Å². The van der Waals surface area contributed by atoms with Crippen LogP contribution in [0.25, 0.3) is 0 Å². The summed E-state index contributed by atoms with van der Waals surface area (Å²) in [6, 6.07) is 13.5. The lowest BCUT2D eigenvalue weighted by atomic mass is 10.2. The van der Waals surface area contributed by atoms with Crippen LogP contribution in [0.4, 0.5) is 4.79 Å². The fourth-order valence-electron chi connectivity index (χ4n) is 3.06. The summed E-state index contributed by atoms with van der Waals surface area (Å²) in [6.45, 7) is 8.04. The molecule has 2 rings (SSSR count). The van der Waals surface area contributed by atoms with Gasteiger partial charge in [-0.15, -0.1) is 0 Å². The molecule has 0 aliphatic heterocycles. The monoisotopic (exact) mass is 399 g/mol. The molecule has 0 saturated carbocycles. The zero-order chi connectivity index (χ0) is 21.1. The molecule has 6 heteroatoms. The summed E-state index contributed by atoms with van der Waals surface area (Å²) >= 11 is 0. The lowest BCUT2D eigenvalue weighted by Gasteiger charge is -2.27. The molecule has 0 unspecified atom stereocenters. The van der Waals surface area contributed by atoms with Gasteiger partial charge >= 0.3 is 6.03 Å². The van der Waals surface area contributed by atoms with E-state index >= 15 is 0 Å². The van der Waals surface area contributed by atoms with Gasteiger partial charge < -0.3 is 19.5 Å². The van der Waals surface area contributed by atoms with Gasteiger partial charge in [0.2, 0.25) is 5.91 Å². The number of aryl methyl sites for hydroxylation is 1. The minimum Gasteiger partial charge on any atom is -0.464 e. The van der Waals surface area contributed by atoms with Crippen LogP contribution in [0.1, 0.15) is 50.2 Å². The molecule has 2 aromatic rings. The van der Waals surface area contributed by atoms with E-state index in [0.29, 0.717) is 26.2 Å². The highest BCUT2D eigenvalue weighted by Gasteiger charge is 2.22. The van der Waals surface area contributed by atoms with E-state index in [1.165, 1.54) is 0 Å². The Kier molecular flexibility index (Phi) is 9.28. The highest BCUT2D eigenvalue weighted by atomic mass is 16.3. The van der Waals surface area contributed by atoms with E-state index in [4.69, 9.17) is 4.42 Å². The number of amides is 3. The highest BCUT2D eigenvalue weighted by Crippen LogP contribution is 2.14. The average molecular weight is 400 g/mol. The third-order valence-corrected chi connectivity index (χ3v) is 4.63. The second kappa shape index (κ2) is 11.9. The van der Waals surface area contributed by atoms with Crippen LogP contribution in [0.5, 0.6) is 0 Å². The molecule has 0 spiro atoms. The summed E-state index contributed by atoms with van der Waals surface area (Å²) in [6.07, 6.45) is 2.74. The Balaban J connectivity index is 2.09. The lowest BCUT2D eigenvalue weighted by molar-refractivity contribution is -0.133. The second-order valence-electron chi connectivity index (χ2n) is 7.25. The Labute approximate surface area is 173 Å². The molecule has 3 amide bonds. The van der Waals surface area contributed by atoms with Crippen molar-refractivity contribution in [3.8, 4) is 0 Å². The van der Waals surface area contributed by atoms with E-state index in [-0.39, 0.29) is 18.5 Å². The van der Waals surface area contributed by atoms with Crippen molar-refractivity contribution in [1.82, 2.24) is 15.1 Å². The minimum atomic E-state index is -0.179. The number of hydrogen-bond donors (Lipinski definition) is 1. The van der Waals surface area contributed by atoms with Crippen LogP contribution in [0, 0.1) is 6.92 Å². The quantitative estimate of drug-likeness (QED) is 0.572. The first-order valence-corrected chi connectivity index (χ1v) is 10.4. The van der Waals surface area contributed by atoms with Crippen molar-refractivity contribution in [2.75, 3.05) is 19.6 Å². The molecular formula is C23H33N3O3. The highest BCUT2D eigenvalue weighted by molar-refractivity contribution is 5.84. The summed E-state index contributed by atoms with van der Waals surface area (Å²) < 4.78 is 5.68. The number of benzene rings is 1. The minimum absolute atomic E-state index is 0.0539. The molecule has 1 heterocycles. The van der Waals surface area contributed by atoms with Crippen molar-refractivity contribution in [2.45, 2.75) is 53.1 Å². The number of rotatable bonds is 11. The van der Waals surface area contributed by atoms with E-state index in [1.54, 1.807) is 9.80 Å². The van der Waals surface area contributed by atoms with Gasteiger partial charge in [0.15, 0.2) is 0 Å². The van der Waals surface area contributed by atoms with Gasteiger partial charge in [-0.05, 0) is 37.5 Å². The molecule has 6 nitrogen and oxygen atoms in total. The van der Waals surface area contributed by atoms with Gasteiger partial charge in [-0.2, -0.15) is 0 Å². The number of carbonyl (C=O) groups is 2. The van der Waals surface area contributed by atoms with Gasteiger partial charge in [0.25, 0.3) is 0 Å². The van der Waals surface area contributed by atoms with Crippen molar-refractivity contribution in [3.63, 3.8) is 0 Å². The van der Waals surface area contributed by atoms with E-state index in [2.05, 4.69) is 12.2 Å². The van der Waals surface area contributed by atoms with Crippen LogP contribution in [0.3, 0.4) is 0 Å². The molecule has 0 saturated heterocycles. The molecule has 0 fully saturated rings. The van der Waals surface area contributed by atoms with Crippen molar-refractivity contribution >= 4 is 11.9 Å². The molecule has 1 N–H and O–H groups in total. The van der Waals surface area contributed by atoms with Crippen LogP contribution in [-0.2, 0) is 17.9 Å². The number of nitrogens with one attached hydrogen (secondary N) is 1. The topological polar surface area (TPSA) is 65.8 Å². The molecule has 0 aliphatic carbocycles. The predicted octanol–water partition coefficient (Wildman–Crippen LogP) is 4.34. The average Bonchev–Trinajstić information content (AvgIpc) is 3.12. The van der Waals surface area contributed by atoms with Gasteiger partial charge in [0.05, 0.1) is 6.54 Å². The fraction of sp³-hybridized carbons (Fsp3) is 0.478. The van der Waals surface area contributed by atoms with E-state index in [9.17, 15) is 9.59 Å². The number of carbonyl (C=O) groups excluding carboxylic acids is 2. The van der Waals surface area contributed by atoms with Crippen molar-refractivity contribution in [1.29, 1.82) is 0 Å². The number of furan rings is 1. The maximum Gasteiger partial charge on any atom is 0.317 e. The summed E-state index contributed by atoms with van der Waals surface area (Å²) in [7, 11) is 0. The normalized spacial score (nSPS) is 10.6. The first-order valence-electron chi connectivity index (χ1n) is 10.4. The van der Waals surface area contributed by atoms with E-state index < -0.39 is 0 Å². The fourth-order valence-corrected chi connectivity index (χ4v) is 3.06. The Morgan fingerprint density at radius 2 is 1.72 bits per heavy atom. The van der Waals surface area contributed by atoms with Crippen molar-refractivity contribution < 1.29 is 14.0 Å². The molecular weight excluding hydrogens is 366 g/mol. The SMILES string of the molecule is CCCCNC(=O)N(CCC)CC(=O)N(Cc1ccccc1)Cc1ccc(C)o1. The predicted molar refractivity (Wildman–Crippen MR) is 114 cm³/mol. The standard InChI is InChI=1S/C23H33N3O3/c1-4-6-14-24-23(28)25(15-5-2)18-22(27)26(16-20-10-8-7-9-11-20)17-21-13-12-19(3)29-21/h7-13H,4-6,14-18H2,1-3H3,(H,24,28). The molecule has 0 aliphatic rings. The number of nitrogens with zero attached hydrogens (tertiary/aromatic N) is 2. The third kappa shape index (κ3) is 7.64. The summed E-state index contributed by atoms with van der Waals surface area (Å²) in [5.41, 5.74) is 1.04. The Bertz CT molecular complexity index is 758. The van der Waals surface area contributed by atoms with Crippen molar-refractivity contribution in [2.24, 2.45) is 0 Å². The van der Waals surface area contributed by atoms with Crippen LogP contribution in [-0.4, -0.2) is 41.4 Å². The maximum absolute atomic E-state index is 13.1. The molecule has 1 aromatic heterocycles. The first-order chi connectivity index (χ1) is 14.0. The molecule has 0 bridgehead atoms. The largest absolute Gasteiger partial charge is 0.464 e. The van der Waals surface area contributed by atoms with Gasteiger partial charge in [0, 0.05) is 19.6 Å². The molecule has 29 heavy (non-hydrogen) atoms. The van der Waals surface area contributed by atoms with Gasteiger partial charge in [0.1, 0.15) is 18.1 Å². The Morgan fingerprint density at radius 3 is 2.34 bits per heavy atom. The summed E-state index contributed by atoms with van der Waals surface area (Å²) in [4.78, 5) is 29.0. The number of hydrogen-bond acceptors (Lipinski definition) is 3. The smallest absolute Gasteiger partial charge is 0.317 e. The summed E-state index contributed by atoms with van der Waals surface area (Å²) in [5, 5.41) is 2.91. The molecule has 0 radical (unpaired) electrons. The van der Waals surface area contributed by atoms with Gasteiger partial charge in [-0.3, -0.25) is 4.79 Å². The summed E-state index contributed by atoms with van der Waals surface area (Å²) in [5.74, 6) is 1.46. The Morgan fingerprint density at radius 1 is 0.966 bits per heavy atom. The van der Waals surface area contributed by atoms with Crippen LogP contribution in [0.2, 0.25) is 0 Å². The van der Waals surface area contributed by atoms with Crippen molar-refractivity contribution in [3.05, 3.63) is 59.5 Å². The molecule has 1 aromatic carbocycles. The third-order valence-electron chi connectivity index (χ3n) is 4.63.